The molecule has 1 aromatic heterocycles. The number of aromatic amines is 1. The van der Waals surface area contributed by atoms with Crippen LogP contribution in [0.25, 0.3) is 10.9 Å². The smallest absolute Gasteiger partial charge is 0.335 e. The molecule has 3 aromatic rings. The number of aryl methyl sites for hydroxylation is 1. The highest BCUT2D eigenvalue weighted by Gasteiger charge is 2.21. The third-order valence-corrected chi connectivity index (χ3v) is 7.53. The second-order valence-electron chi connectivity index (χ2n) is 10.1. The van der Waals surface area contributed by atoms with Crippen LogP contribution >= 0.6 is 0 Å². The Morgan fingerprint density at radius 3 is 2.64 bits per heavy atom. The van der Waals surface area contributed by atoms with E-state index in [1.807, 2.05) is 12.3 Å². The number of ether oxygens (including phenoxy) is 2. The van der Waals surface area contributed by atoms with E-state index >= 15 is 0 Å². The molecule has 0 radical (unpaired) electrons. The summed E-state index contributed by atoms with van der Waals surface area (Å²) in [5, 5.41) is 10.3. The first-order chi connectivity index (χ1) is 17.5. The van der Waals surface area contributed by atoms with Gasteiger partial charge in [0.1, 0.15) is 11.5 Å². The number of rotatable bonds is 13. The average molecular weight is 493 g/mol. The number of carboxylic acids is 1. The number of nitrogens with one attached hydrogen (secondary N) is 1. The van der Waals surface area contributed by atoms with Crippen LogP contribution in [0.15, 0.2) is 42.6 Å². The summed E-state index contributed by atoms with van der Waals surface area (Å²) in [6, 6.07) is 11.0. The SMILES string of the molecule is COc1cc(C)c2[nH]ccc2c1CN1CCC(CCCCCCCOc2cccc(C(=O)O)c2)CC1. The minimum absolute atomic E-state index is 0.270. The predicted molar refractivity (Wildman–Crippen MR) is 144 cm³/mol. The number of aromatic nitrogens is 1. The Bertz CT molecular complexity index is 1130. The lowest BCUT2D eigenvalue weighted by molar-refractivity contribution is 0.0696. The van der Waals surface area contributed by atoms with Crippen molar-refractivity contribution in [3.63, 3.8) is 0 Å². The van der Waals surface area contributed by atoms with Crippen molar-refractivity contribution in [1.82, 2.24) is 9.88 Å². The van der Waals surface area contributed by atoms with E-state index in [9.17, 15) is 4.79 Å². The summed E-state index contributed by atoms with van der Waals surface area (Å²) in [5.41, 5.74) is 4.02. The molecule has 1 aliphatic rings. The zero-order chi connectivity index (χ0) is 25.3. The van der Waals surface area contributed by atoms with Crippen molar-refractivity contribution >= 4 is 16.9 Å². The van der Waals surface area contributed by atoms with Gasteiger partial charge in [-0.2, -0.15) is 0 Å². The lowest BCUT2D eigenvalue weighted by Gasteiger charge is -2.32. The Morgan fingerprint density at radius 2 is 1.86 bits per heavy atom. The van der Waals surface area contributed by atoms with Gasteiger partial charge in [0.15, 0.2) is 0 Å². The molecule has 0 unspecified atom stereocenters. The van der Waals surface area contributed by atoms with E-state index in [1.165, 1.54) is 60.6 Å². The van der Waals surface area contributed by atoms with E-state index in [0.717, 1.165) is 44.1 Å². The number of nitrogens with zero attached hydrogens (tertiary/aromatic N) is 1. The number of fused-ring (bicyclic) bond motifs is 1. The second-order valence-corrected chi connectivity index (χ2v) is 10.1. The predicted octanol–water partition coefficient (Wildman–Crippen LogP) is 6.81. The van der Waals surface area contributed by atoms with E-state index in [2.05, 4.69) is 28.9 Å². The van der Waals surface area contributed by atoms with Crippen molar-refractivity contribution in [1.29, 1.82) is 0 Å². The van der Waals surface area contributed by atoms with Gasteiger partial charge < -0.3 is 19.6 Å². The zero-order valence-corrected chi connectivity index (χ0v) is 21.7. The van der Waals surface area contributed by atoms with Crippen molar-refractivity contribution in [2.75, 3.05) is 26.8 Å². The molecule has 0 bridgehead atoms. The van der Waals surface area contributed by atoms with E-state index in [1.54, 1.807) is 25.3 Å². The number of H-pyrrole nitrogens is 1. The Hall–Kier alpha value is -2.99. The molecule has 0 saturated carbocycles. The molecule has 0 spiro atoms. The second kappa shape index (κ2) is 12.8. The fourth-order valence-electron chi connectivity index (χ4n) is 5.41. The number of benzene rings is 2. The largest absolute Gasteiger partial charge is 0.496 e. The number of methoxy groups -OCH3 is 1. The number of hydrogen-bond acceptors (Lipinski definition) is 4. The quantitative estimate of drug-likeness (QED) is 0.256. The van der Waals surface area contributed by atoms with Crippen LogP contribution in [-0.2, 0) is 6.54 Å². The van der Waals surface area contributed by atoms with Crippen LogP contribution in [0.3, 0.4) is 0 Å². The standard InChI is InChI=1S/C30H40N2O4/c1-22-19-28(35-2)27(26-12-15-31-29(22)26)21-32-16-13-23(14-17-32)9-6-4-3-5-7-18-36-25-11-8-10-24(20-25)30(33)34/h8,10-12,15,19-20,23,31H,3-7,9,13-14,16-18,21H2,1-2H3,(H,33,34). The van der Waals surface area contributed by atoms with Crippen molar-refractivity contribution < 1.29 is 19.4 Å². The molecule has 1 aliphatic heterocycles. The number of unbranched alkanes of at least 4 members (excludes halogenated alkanes) is 4. The molecule has 194 valence electrons. The van der Waals surface area contributed by atoms with Crippen molar-refractivity contribution in [2.45, 2.75) is 64.8 Å². The van der Waals surface area contributed by atoms with Crippen LogP contribution in [0.1, 0.15) is 72.9 Å². The maximum Gasteiger partial charge on any atom is 0.335 e. The maximum absolute atomic E-state index is 11.0. The van der Waals surface area contributed by atoms with Gasteiger partial charge in [0.2, 0.25) is 0 Å². The number of carbonyl (C=O) groups is 1. The molecular weight excluding hydrogens is 452 g/mol. The van der Waals surface area contributed by atoms with Crippen molar-refractivity contribution in [3.8, 4) is 11.5 Å². The fourth-order valence-corrected chi connectivity index (χ4v) is 5.41. The molecule has 4 rings (SSSR count). The van der Waals surface area contributed by atoms with Gasteiger partial charge in [-0.15, -0.1) is 0 Å². The van der Waals surface area contributed by atoms with Gasteiger partial charge >= 0.3 is 5.97 Å². The molecule has 1 fully saturated rings. The van der Waals surface area contributed by atoms with Crippen molar-refractivity contribution in [3.05, 3.63) is 59.3 Å². The molecule has 2 heterocycles. The van der Waals surface area contributed by atoms with Crippen LogP contribution in [0.5, 0.6) is 11.5 Å². The summed E-state index contributed by atoms with van der Waals surface area (Å²) in [4.78, 5) is 17.0. The zero-order valence-electron chi connectivity index (χ0n) is 21.7. The molecule has 1 saturated heterocycles. The monoisotopic (exact) mass is 492 g/mol. The Morgan fingerprint density at radius 1 is 1.08 bits per heavy atom. The Kier molecular flexibility index (Phi) is 9.29. The van der Waals surface area contributed by atoms with E-state index < -0.39 is 5.97 Å². The molecule has 6 heteroatoms. The Labute approximate surface area is 214 Å². The number of aromatic carboxylic acids is 1. The first-order valence-electron chi connectivity index (χ1n) is 13.4. The molecule has 6 nitrogen and oxygen atoms in total. The number of hydrogen-bond donors (Lipinski definition) is 2. The summed E-state index contributed by atoms with van der Waals surface area (Å²) >= 11 is 0. The third kappa shape index (κ3) is 6.82. The number of likely N-dealkylation sites (tertiary alicyclic amines) is 1. The molecule has 36 heavy (non-hydrogen) atoms. The molecule has 2 N–H and O–H groups in total. The summed E-state index contributed by atoms with van der Waals surface area (Å²) in [6.45, 7) is 6.05. The van der Waals surface area contributed by atoms with E-state index in [0.29, 0.717) is 12.4 Å². The van der Waals surface area contributed by atoms with Crippen LogP contribution < -0.4 is 9.47 Å². The number of piperidine rings is 1. The van der Waals surface area contributed by atoms with Gasteiger partial charge in [-0.25, -0.2) is 4.79 Å². The summed E-state index contributed by atoms with van der Waals surface area (Å²) < 4.78 is 11.4. The first kappa shape index (κ1) is 26.1. The Balaban J connectivity index is 1.09. The third-order valence-electron chi connectivity index (χ3n) is 7.53. The van der Waals surface area contributed by atoms with Crippen LogP contribution in [0.4, 0.5) is 0 Å². The van der Waals surface area contributed by atoms with Gasteiger partial charge in [-0.05, 0) is 81.1 Å². The normalized spacial score (nSPS) is 14.8. The van der Waals surface area contributed by atoms with Gasteiger partial charge in [0.25, 0.3) is 0 Å². The minimum Gasteiger partial charge on any atom is -0.496 e. The lowest BCUT2D eigenvalue weighted by atomic mass is 9.90. The topological polar surface area (TPSA) is 74.8 Å². The summed E-state index contributed by atoms with van der Waals surface area (Å²) in [7, 11) is 1.77. The minimum atomic E-state index is -0.921. The van der Waals surface area contributed by atoms with Gasteiger partial charge in [-0.3, -0.25) is 4.90 Å². The molecule has 0 amide bonds. The highest BCUT2D eigenvalue weighted by molar-refractivity contribution is 5.88. The average Bonchev–Trinajstić information content (AvgIpc) is 3.39. The molecule has 0 aliphatic carbocycles. The van der Waals surface area contributed by atoms with E-state index in [-0.39, 0.29) is 5.56 Å². The fraction of sp³-hybridized carbons (Fsp3) is 0.500. The van der Waals surface area contributed by atoms with Crippen LogP contribution in [0, 0.1) is 12.8 Å². The van der Waals surface area contributed by atoms with Gasteiger partial charge in [-0.1, -0.05) is 38.2 Å². The highest BCUT2D eigenvalue weighted by Crippen LogP contribution is 2.33. The first-order valence-corrected chi connectivity index (χ1v) is 13.4. The van der Waals surface area contributed by atoms with Gasteiger partial charge in [0.05, 0.1) is 19.3 Å². The van der Waals surface area contributed by atoms with Crippen LogP contribution in [-0.4, -0.2) is 47.8 Å². The summed E-state index contributed by atoms with van der Waals surface area (Å²) in [6.07, 6.45) is 11.9. The number of carboxylic acid groups (broad SMARTS) is 1. The molecule has 0 atom stereocenters. The summed E-state index contributed by atoms with van der Waals surface area (Å²) in [5.74, 6) is 1.56. The molecular formula is C30H40N2O4. The van der Waals surface area contributed by atoms with Crippen LogP contribution in [0.2, 0.25) is 0 Å². The molecule has 2 aromatic carbocycles. The highest BCUT2D eigenvalue weighted by atomic mass is 16.5. The van der Waals surface area contributed by atoms with Crippen molar-refractivity contribution in [2.24, 2.45) is 5.92 Å². The maximum atomic E-state index is 11.0. The lowest BCUT2D eigenvalue weighted by Crippen LogP contribution is -2.33. The van der Waals surface area contributed by atoms with E-state index in [4.69, 9.17) is 14.6 Å². The van der Waals surface area contributed by atoms with Gasteiger partial charge in [0, 0.05) is 29.2 Å².